The highest BCUT2D eigenvalue weighted by Crippen LogP contribution is 2.30. The SMILES string of the molecule is COC(C)(C)OCC(N)C1CCC(C)(C)O1. The molecule has 0 saturated carbocycles. The molecular formula is C12H25NO3. The van der Waals surface area contributed by atoms with E-state index in [9.17, 15) is 0 Å². The van der Waals surface area contributed by atoms with Crippen LogP contribution in [0.5, 0.6) is 0 Å². The van der Waals surface area contributed by atoms with Crippen LogP contribution in [0, 0.1) is 0 Å². The Morgan fingerprint density at radius 3 is 2.56 bits per heavy atom. The second kappa shape index (κ2) is 5.00. The van der Waals surface area contributed by atoms with E-state index in [-0.39, 0.29) is 17.7 Å². The van der Waals surface area contributed by atoms with Crippen LogP contribution in [0.25, 0.3) is 0 Å². The van der Waals surface area contributed by atoms with E-state index in [1.807, 2.05) is 13.8 Å². The highest BCUT2D eigenvalue weighted by atomic mass is 16.7. The first kappa shape index (κ1) is 13.9. The fourth-order valence-electron chi connectivity index (χ4n) is 1.78. The van der Waals surface area contributed by atoms with E-state index >= 15 is 0 Å². The van der Waals surface area contributed by atoms with Crippen molar-refractivity contribution in [3.05, 3.63) is 0 Å². The number of rotatable bonds is 5. The zero-order valence-electron chi connectivity index (χ0n) is 11.1. The highest BCUT2D eigenvalue weighted by molar-refractivity contribution is 4.86. The Labute approximate surface area is 98.4 Å². The lowest BCUT2D eigenvalue weighted by molar-refractivity contribution is -0.203. The molecule has 0 aromatic carbocycles. The fourth-order valence-corrected chi connectivity index (χ4v) is 1.78. The molecule has 0 bridgehead atoms. The van der Waals surface area contributed by atoms with E-state index in [2.05, 4.69) is 13.8 Å². The van der Waals surface area contributed by atoms with Crippen molar-refractivity contribution in [1.82, 2.24) is 0 Å². The summed E-state index contributed by atoms with van der Waals surface area (Å²) in [7, 11) is 1.63. The van der Waals surface area contributed by atoms with Crippen molar-refractivity contribution >= 4 is 0 Å². The molecule has 96 valence electrons. The molecule has 0 amide bonds. The van der Waals surface area contributed by atoms with Crippen LogP contribution in [-0.2, 0) is 14.2 Å². The summed E-state index contributed by atoms with van der Waals surface area (Å²) in [6.45, 7) is 8.40. The first-order chi connectivity index (χ1) is 7.26. The van der Waals surface area contributed by atoms with Gasteiger partial charge in [0.2, 0.25) is 0 Å². The molecule has 0 spiro atoms. The number of nitrogens with two attached hydrogens (primary N) is 1. The third-order valence-electron chi connectivity index (χ3n) is 3.09. The van der Waals surface area contributed by atoms with Crippen LogP contribution in [0.15, 0.2) is 0 Å². The van der Waals surface area contributed by atoms with Crippen molar-refractivity contribution in [2.45, 2.75) is 64.1 Å². The van der Waals surface area contributed by atoms with Crippen molar-refractivity contribution < 1.29 is 14.2 Å². The number of methoxy groups -OCH3 is 1. The molecule has 0 aromatic heterocycles. The van der Waals surface area contributed by atoms with Crippen LogP contribution in [0.3, 0.4) is 0 Å². The third kappa shape index (κ3) is 4.01. The maximum atomic E-state index is 6.06. The molecule has 1 heterocycles. The minimum Gasteiger partial charge on any atom is -0.371 e. The Balaban J connectivity index is 2.34. The lowest BCUT2D eigenvalue weighted by Crippen LogP contribution is -2.42. The van der Waals surface area contributed by atoms with Crippen LogP contribution in [0.1, 0.15) is 40.5 Å². The molecule has 1 fully saturated rings. The Bertz CT molecular complexity index is 228. The van der Waals surface area contributed by atoms with Gasteiger partial charge in [0.15, 0.2) is 5.79 Å². The maximum absolute atomic E-state index is 6.06. The molecule has 1 saturated heterocycles. The van der Waals surface area contributed by atoms with E-state index < -0.39 is 5.79 Å². The molecule has 4 heteroatoms. The van der Waals surface area contributed by atoms with E-state index in [1.165, 1.54) is 0 Å². The van der Waals surface area contributed by atoms with Crippen molar-refractivity contribution in [2.24, 2.45) is 5.73 Å². The van der Waals surface area contributed by atoms with Crippen molar-refractivity contribution in [2.75, 3.05) is 13.7 Å². The molecule has 1 rings (SSSR count). The largest absolute Gasteiger partial charge is 0.371 e. The minimum absolute atomic E-state index is 0.0426. The van der Waals surface area contributed by atoms with Crippen molar-refractivity contribution in [3.63, 3.8) is 0 Å². The lowest BCUT2D eigenvalue weighted by Gasteiger charge is -2.28. The van der Waals surface area contributed by atoms with Crippen molar-refractivity contribution in [3.8, 4) is 0 Å². The quantitative estimate of drug-likeness (QED) is 0.731. The summed E-state index contributed by atoms with van der Waals surface area (Å²) in [5, 5.41) is 0. The summed E-state index contributed by atoms with van der Waals surface area (Å²) in [5.74, 6) is -0.578. The molecule has 16 heavy (non-hydrogen) atoms. The van der Waals surface area contributed by atoms with Crippen LogP contribution in [-0.4, -0.2) is 37.3 Å². The van der Waals surface area contributed by atoms with E-state index in [4.69, 9.17) is 19.9 Å². The second-order valence-electron chi connectivity index (χ2n) is 5.53. The molecule has 0 aliphatic carbocycles. The van der Waals surface area contributed by atoms with Crippen LogP contribution >= 0.6 is 0 Å². The van der Waals surface area contributed by atoms with Gasteiger partial charge in [0.1, 0.15) is 0 Å². The molecule has 1 aliphatic rings. The van der Waals surface area contributed by atoms with Gasteiger partial charge < -0.3 is 19.9 Å². The summed E-state index contributed by atoms with van der Waals surface area (Å²) in [4.78, 5) is 0. The Morgan fingerprint density at radius 2 is 2.12 bits per heavy atom. The van der Waals surface area contributed by atoms with Crippen LogP contribution in [0.2, 0.25) is 0 Å². The molecule has 2 N–H and O–H groups in total. The topological polar surface area (TPSA) is 53.7 Å². The first-order valence-electron chi connectivity index (χ1n) is 5.88. The van der Waals surface area contributed by atoms with Gasteiger partial charge in [-0.05, 0) is 40.5 Å². The zero-order chi connectivity index (χ0) is 12.4. The summed E-state index contributed by atoms with van der Waals surface area (Å²) < 4.78 is 16.6. The number of hydrogen-bond acceptors (Lipinski definition) is 4. The predicted octanol–water partition coefficient (Wildman–Crippen LogP) is 1.67. The molecule has 2 atom stereocenters. The molecule has 0 aromatic rings. The predicted molar refractivity (Wildman–Crippen MR) is 63.2 cm³/mol. The van der Waals surface area contributed by atoms with Gasteiger partial charge in [0.05, 0.1) is 24.4 Å². The highest BCUT2D eigenvalue weighted by Gasteiger charge is 2.35. The molecule has 2 unspecified atom stereocenters. The average molecular weight is 231 g/mol. The maximum Gasteiger partial charge on any atom is 0.162 e. The fraction of sp³-hybridized carbons (Fsp3) is 1.00. The van der Waals surface area contributed by atoms with Crippen LogP contribution < -0.4 is 5.73 Å². The van der Waals surface area contributed by atoms with E-state index in [1.54, 1.807) is 7.11 Å². The zero-order valence-corrected chi connectivity index (χ0v) is 11.1. The molecular weight excluding hydrogens is 206 g/mol. The van der Waals surface area contributed by atoms with Gasteiger partial charge in [-0.1, -0.05) is 0 Å². The smallest absolute Gasteiger partial charge is 0.162 e. The van der Waals surface area contributed by atoms with Gasteiger partial charge in [-0.2, -0.15) is 0 Å². The third-order valence-corrected chi connectivity index (χ3v) is 3.09. The Morgan fingerprint density at radius 1 is 1.50 bits per heavy atom. The minimum atomic E-state index is -0.578. The van der Waals surface area contributed by atoms with Gasteiger partial charge in [-0.15, -0.1) is 0 Å². The molecule has 4 nitrogen and oxygen atoms in total. The standard InChI is InChI=1S/C12H25NO3/c1-11(2)7-6-10(16-11)9(13)8-15-12(3,4)14-5/h9-10H,6-8,13H2,1-5H3. The summed E-state index contributed by atoms with van der Waals surface area (Å²) >= 11 is 0. The molecule has 0 radical (unpaired) electrons. The van der Waals surface area contributed by atoms with Crippen LogP contribution in [0.4, 0.5) is 0 Å². The van der Waals surface area contributed by atoms with Gasteiger partial charge in [0.25, 0.3) is 0 Å². The first-order valence-corrected chi connectivity index (χ1v) is 5.88. The van der Waals surface area contributed by atoms with Gasteiger partial charge >= 0.3 is 0 Å². The lowest BCUT2D eigenvalue weighted by atomic mass is 10.0. The average Bonchev–Trinajstić information content (AvgIpc) is 2.55. The second-order valence-corrected chi connectivity index (χ2v) is 5.53. The Hall–Kier alpha value is -0.160. The summed E-state index contributed by atoms with van der Waals surface area (Å²) in [6.07, 6.45) is 2.16. The summed E-state index contributed by atoms with van der Waals surface area (Å²) in [5.41, 5.74) is 6.01. The Kier molecular flexibility index (Phi) is 4.35. The normalized spacial score (nSPS) is 27.0. The van der Waals surface area contributed by atoms with E-state index in [0.29, 0.717) is 6.61 Å². The van der Waals surface area contributed by atoms with Gasteiger partial charge in [-0.3, -0.25) is 0 Å². The van der Waals surface area contributed by atoms with Gasteiger partial charge in [-0.25, -0.2) is 0 Å². The molecule has 1 aliphatic heterocycles. The number of hydrogen-bond donors (Lipinski definition) is 1. The number of ether oxygens (including phenoxy) is 3. The monoisotopic (exact) mass is 231 g/mol. The van der Waals surface area contributed by atoms with E-state index in [0.717, 1.165) is 12.8 Å². The van der Waals surface area contributed by atoms with Gasteiger partial charge in [0, 0.05) is 7.11 Å². The van der Waals surface area contributed by atoms with Crippen molar-refractivity contribution in [1.29, 1.82) is 0 Å². The summed E-state index contributed by atoms with van der Waals surface area (Å²) in [6, 6.07) is -0.0869.